The summed E-state index contributed by atoms with van der Waals surface area (Å²) in [5.41, 5.74) is 17.2. The first-order valence-electron chi connectivity index (χ1n) is 25.5. The van der Waals surface area contributed by atoms with E-state index in [1.807, 2.05) is 13.8 Å². The molecule has 1 aliphatic rings. The van der Waals surface area contributed by atoms with Crippen molar-refractivity contribution in [2.24, 2.45) is 35.0 Å². The molecule has 0 radical (unpaired) electrons. The van der Waals surface area contributed by atoms with Crippen molar-refractivity contribution in [2.45, 2.75) is 205 Å². The summed E-state index contributed by atoms with van der Waals surface area (Å²) in [7, 11) is 0. The number of nitrogens with two attached hydrogens (primary N) is 3. The first kappa shape index (κ1) is 67.4. The summed E-state index contributed by atoms with van der Waals surface area (Å²) in [6.45, 7) is 10.8. The van der Waals surface area contributed by atoms with E-state index in [9.17, 15) is 73.5 Å². The fraction of sp³-hybridized carbons (Fsp3) is 0.792. The van der Waals surface area contributed by atoms with Gasteiger partial charge in [0.1, 0.15) is 24.4 Å². The number of hydrogen-bond acceptors (Lipinski definition) is 17. The lowest BCUT2D eigenvalue weighted by atomic mass is 9.97. The molecule has 1 rings (SSSR count). The number of carbonyl (C=O) groups excluding carboxylic acids is 8. The first-order valence-corrected chi connectivity index (χ1v) is 25.5. The molecule has 1 heterocycles. The second-order valence-corrected chi connectivity index (χ2v) is 20.3. The van der Waals surface area contributed by atoms with Gasteiger partial charge in [0.2, 0.25) is 47.3 Å². The molecule has 1 fully saturated rings. The normalized spacial score (nSPS) is 20.3. The van der Waals surface area contributed by atoms with Crippen molar-refractivity contribution in [3.8, 4) is 0 Å². The number of ether oxygens (including phenoxy) is 2. The van der Waals surface area contributed by atoms with E-state index in [1.165, 1.54) is 0 Å². The molecule has 0 spiro atoms. The van der Waals surface area contributed by atoms with E-state index in [1.54, 1.807) is 27.7 Å². The van der Waals surface area contributed by atoms with Gasteiger partial charge in [0.15, 0.2) is 6.29 Å². The highest BCUT2D eigenvalue weighted by molar-refractivity contribution is 5.84. The Morgan fingerprint density at radius 2 is 0.987 bits per heavy atom. The lowest BCUT2D eigenvalue weighted by Crippen LogP contribution is -2.65. The molecule has 430 valence electrons. The molecule has 0 aromatic heterocycles. The first-order chi connectivity index (χ1) is 35.0. The lowest BCUT2D eigenvalue weighted by Gasteiger charge is -2.42. The maximum atomic E-state index is 13.7. The third-order valence-corrected chi connectivity index (χ3v) is 12.5. The molecule has 27 heteroatoms. The summed E-state index contributed by atoms with van der Waals surface area (Å²) in [4.78, 5) is 127. The van der Waals surface area contributed by atoms with Crippen LogP contribution in [0.3, 0.4) is 0 Å². The predicted octanol–water partition coefficient (Wildman–Crippen LogP) is -3.16. The molecule has 12 atom stereocenters. The van der Waals surface area contributed by atoms with E-state index in [0.717, 1.165) is 6.92 Å². The molecule has 0 aromatic rings. The summed E-state index contributed by atoms with van der Waals surface area (Å²) < 4.78 is 11.5. The Kier molecular flexibility index (Phi) is 31.4. The summed E-state index contributed by atoms with van der Waals surface area (Å²) in [5, 5.41) is 68.5. The number of primary amides is 1. The fourth-order valence-corrected chi connectivity index (χ4v) is 7.96. The highest BCUT2D eigenvalue weighted by atomic mass is 16.7. The number of aliphatic hydroxyl groups excluding tert-OH is 3. The Bertz CT molecular complexity index is 1880. The van der Waals surface area contributed by atoms with Crippen LogP contribution in [-0.4, -0.2) is 177 Å². The molecule has 0 aliphatic carbocycles. The van der Waals surface area contributed by atoms with Gasteiger partial charge in [-0.1, -0.05) is 41.5 Å². The molecule has 0 saturated carbocycles. The smallest absolute Gasteiger partial charge is 0.303 e. The van der Waals surface area contributed by atoms with Gasteiger partial charge in [-0.3, -0.25) is 47.9 Å². The molecule has 75 heavy (non-hydrogen) atoms. The quantitative estimate of drug-likeness (QED) is 0.0292. The Hall–Kier alpha value is -5.58. The van der Waals surface area contributed by atoms with Crippen LogP contribution >= 0.6 is 0 Å². The number of carboxylic acids is 2. The van der Waals surface area contributed by atoms with Gasteiger partial charge in [-0.05, 0) is 50.0 Å². The van der Waals surface area contributed by atoms with Crippen LogP contribution in [0.25, 0.3) is 0 Å². The van der Waals surface area contributed by atoms with Crippen molar-refractivity contribution in [3.05, 3.63) is 0 Å². The van der Waals surface area contributed by atoms with E-state index in [-0.39, 0.29) is 69.2 Å². The average Bonchev–Trinajstić information content (AvgIpc) is 3.29. The number of aliphatic carboxylic acids is 2. The van der Waals surface area contributed by atoms with Gasteiger partial charge in [-0.25, -0.2) is 0 Å². The molecule has 0 aromatic carbocycles. The maximum Gasteiger partial charge on any atom is 0.303 e. The Labute approximate surface area is 438 Å². The van der Waals surface area contributed by atoms with Gasteiger partial charge >= 0.3 is 11.9 Å². The zero-order valence-electron chi connectivity index (χ0n) is 44.3. The van der Waals surface area contributed by atoms with Gasteiger partial charge in [-0.2, -0.15) is 0 Å². The number of carboxylic acid groups (broad SMARTS) is 2. The summed E-state index contributed by atoms with van der Waals surface area (Å²) in [6, 6.07) is -7.25. The molecule has 1 aliphatic heterocycles. The van der Waals surface area contributed by atoms with E-state index in [2.05, 4.69) is 37.2 Å². The van der Waals surface area contributed by atoms with Crippen LogP contribution in [0.2, 0.25) is 0 Å². The third kappa shape index (κ3) is 28.2. The van der Waals surface area contributed by atoms with E-state index in [0.29, 0.717) is 12.8 Å². The van der Waals surface area contributed by atoms with Crippen LogP contribution in [0, 0.1) is 17.8 Å². The van der Waals surface area contributed by atoms with E-state index >= 15 is 0 Å². The second-order valence-electron chi connectivity index (χ2n) is 20.3. The van der Waals surface area contributed by atoms with E-state index in [4.69, 9.17) is 26.7 Å². The van der Waals surface area contributed by atoms with Crippen LogP contribution in [0.1, 0.15) is 132 Å². The zero-order chi connectivity index (χ0) is 57.1. The van der Waals surface area contributed by atoms with Crippen molar-refractivity contribution in [2.75, 3.05) is 19.8 Å². The predicted molar refractivity (Wildman–Crippen MR) is 269 cm³/mol. The number of nitrogens with one attached hydrogen (secondary N) is 7. The van der Waals surface area contributed by atoms with Gasteiger partial charge in [0.05, 0.1) is 19.3 Å². The molecular weight excluding hydrogens is 989 g/mol. The van der Waals surface area contributed by atoms with E-state index < -0.39 is 171 Å². The Morgan fingerprint density at radius 3 is 1.40 bits per heavy atom. The highest BCUT2D eigenvalue weighted by Crippen LogP contribution is 2.23. The summed E-state index contributed by atoms with van der Waals surface area (Å²) in [5.74, 6) is -7.97. The van der Waals surface area contributed by atoms with Crippen LogP contribution in [0.4, 0.5) is 0 Å². The molecule has 0 bridgehead atoms. The monoisotopic (exact) mass is 1070 g/mol. The molecule has 0 unspecified atom stereocenters. The Balaban J connectivity index is 3.22. The second kappa shape index (κ2) is 34.9. The van der Waals surface area contributed by atoms with Gasteiger partial charge in [-0.15, -0.1) is 0 Å². The molecule has 8 amide bonds. The van der Waals surface area contributed by atoms with Crippen molar-refractivity contribution >= 4 is 59.2 Å². The largest absolute Gasteiger partial charge is 0.481 e. The maximum absolute atomic E-state index is 13.7. The van der Waals surface area contributed by atoms with Crippen LogP contribution in [0.15, 0.2) is 0 Å². The number of rotatable bonds is 37. The number of carbonyl (C=O) groups is 10. The van der Waals surface area contributed by atoms with Crippen LogP contribution in [-0.2, 0) is 57.4 Å². The summed E-state index contributed by atoms with van der Waals surface area (Å²) >= 11 is 0. The van der Waals surface area contributed by atoms with Crippen molar-refractivity contribution in [3.63, 3.8) is 0 Å². The topological polar surface area (TPSA) is 453 Å². The summed E-state index contributed by atoms with van der Waals surface area (Å²) in [6.07, 6.45) is -8.71. The van der Waals surface area contributed by atoms with Gasteiger partial charge in [0.25, 0.3) is 0 Å². The Morgan fingerprint density at radius 1 is 0.573 bits per heavy atom. The molecule has 18 N–H and O–H groups in total. The standard InChI is InChI=1S/C48H86N10O17/c1-24(2)32(50)19-41(66)56-31(23-74-48-45(52-27(7)60)47(73)46(72)35(22-59)75-48)18-38(63)54-30(11-13-44(70)71)17-40(65)58-34(26(5)6)21-42(67)55-29(10-12-43(68)69)16-37(62)53-28(9-8-14-49)15-39(64)57-33(25(3)4)20-36(51)61/h24-26,28-35,45-48,59,72-73H,8-23,49-50H2,1-7H3,(H2,51,61)(H,52,60)(H,53,62)(H,54,63)(H,55,67)(H,56,66)(H,57,64)(H,58,65)(H,68,69)(H,70,71)/t28-,29-,30-,31+,32+,33+,34+,35+,45+,46-,47+,48-/m0/s1. The molecular formula is C48H86N10O17. The van der Waals surface area contributed by atoms with Crippen LogP contribution < -0.4 is 54.4 Å². The minimum Gasteiger partial charge on any atom is -0.481 e. The number of aliphatic hydroxyl groups is 3. The highest BCUT2D eigenvalue weighted by Gasteiger charge is 2.45. The SMILES string of the molecule is CC(=O)N[C@H]1[C@@H](OC[C@@H](CC(=O)N[C@@H](CCC(=O)O)CC(=O)N[C@H](CC(=O)N[C@@H](CCC(=O)O)CC(=O)N[C@@H](CCCN)CC(=O)N[C@H](CC(N)=O)C(C)C)C(C)C)NC(=O)C[C@@H](N)C(C)C)O[C@H](CO)[C@H](O)[C@@H]1O. The molecule has 27 nitrogen and oxygen atoms in total. The zero-order valence-corrected chi connectivity index (χ0v) is 44.3. The minimum atomic E-state index is -1.66. The minimum absolute atomic E-state index is 0.0859. The lowest BCUT2D eigenvalue weighted by molar-refractivity contribution is -0.271. The molecule has 1 saturated heterocycles. The van der Waals surface area contributed by atoms with Gasteiger partial charge in [0, 0.05) is 101 Å². The van der Waals surface area contributed by atoms with Gasteiger partial charge < -0.3 is 89.4 Å². The van der Waals surface area contributed by atoms with Crippen molar-refractivity contribution in [1.29, 1.82) is 0 Å². The number of hydrogen-bond donors (Lipinski definition) is 15. The van der Waals surface area contributed by atoms with Crippen LogP contribution in [0.5, 0.6) is 0 Å². The number of amides is 8. The average molecular weight is 1080 g/mol. The fourth-order valence-electron chi connectivity index (χ4n) is 7.96. The third-order valence-electron chi connectivity index (χ3n) is 12.5. The van der Waals surface area contributed by atoms with Crippen molar-refractivity contribution < 1.29 is 83.0 Å². The van der Waals surface area contributed by atoms with Crippen molar-refractivity contribution in [1.82, 2.24) is 37.2 Å².